The highest BCUT2D eigenvalue weighted by atomic mass is 19.4. The van der Waals surface area contributed by atoms with E-state index in [2.05, 4.69) is 20.5 Å². The van der Waals surface area contributed by atoms with Gasteiger partial charge in [-0.3, -0.25) is 9.78 Å². The predicted molar refractivity (Wildman–Crippen MR) is 105 cm³/mol. The van der Waals surface area contributed by atoms with E-state index in [1.54, 1.807) is 13.8 Å². The minimum atomic E-state index is -4.52. The number of alkyl halides is 3. The Morgan fingerprint density at radius 2 is 2.03 bits per heavy atom. The molecule has 0 bridgehead atoms. The number of ether oxygens (including phenoxy) is 2. The predicted octanol–water partition coefficient (Wildman–Crippen LogP) is 3.66. The van der Waals surface area contributed by atoms with Crippen molar-refractivity contribution >= 4 is 5.91 Å². The first-order valence-electron chi connectivity index (χ1n) is 10.5. The van der Waals surface area contributed by atoms with Crippen molar-refractivity contribution in [3.63, 3.8) is 0 Å². The van der Waals surface area contributed by atoms with E-state index in [1.165, 1.54) is 12.3 Å². The molecule has 2 aliphatic rings. The molecule has 174 valence electrons. The van der Waals surface area contributed by atoms with Gasteiger partial charge in [0, 0.05) is 30.7 Å². The number of rotatable bonds is 8. The molecule has 1 saturated heterocycles. The molecular weight excluding hydrogens is 429 g/mol. The van der Waals surface area contributed by atoms with Gasteiger partial charge in [0.1, 0.15) is 17.0 Å². The Balaban J connectivity index is 1.58. The number of aromatic nitrogens is 3. The van der Waals surface area contributed by atoms with E-state index in [0.717, 1.165) is 19.8 Å². The van der Waals surface area contributed by atoms with E-state index < -0.39 is 23.7 Å². The zero-order chi connectivity index (χ0) is 23.1. The average Bonchev–Trinajstić information content (AvgIpc) is 3.43. The van der Waals surface area contributed by atoms with Crippen molar-refractivity contribution in [1.29, 1.82) is 0 Å². The summed E-state index contributed by atoms with van der Waals surface area (Å²) in [5, 5.41) is 10.8. The number of aryl methyl sites for hydroxylation is 1. The Bertz CT molecular complexity index is 988. The van der Waals surface area contributed by atoms with E-state index >= 15 is 0 Å². The SMILES string of the molecule is Cc1nnc(C(C)(CC2COC2)NC(=O)c2cc(OC(C)C(F)(F)F)c(C3CC3)cn2)o1. The van der Waals surface area contributed by atoms with E-state index in [-0.39, 0.29) is 29.2 Å². The summed E-state index contributed by atoms with van der Waals surface area (Å²) in [5.41, 5.74) is -0.463. The van der Waals surface area contributed by atoms with Gasteiger partial charge in [-0.15, -0.1) is 10.2 Å². The fraction of sp³-hybridized carbons (Fsp3) is 0.619. The van der Waals surface area contributed by atoms with Crippen LogP contribution in [-0.4, -0.2) is 46.6 Å². The largest absolute Gasteiger partial charge is 0.481 e. The minimum Gasteiger partial charge on any atom is -0.481 e. The first kappa shape index (κ1) is 22.5. The fourth-order valence-electron chi connectivity index (χ4n) is 3.64. The Morgan fingerprint density at radius 1 is 1.31 bits per heavy atom. The summed E-state index contributed by atoms with van der Waals surface area (Å²) in [6.45, 7) is 5.46. The van der Waals surface area contributed by atoms with Crippen LogP contribution < -0.4 is 10.1 Å². The Morgan fingerprint density at radius 3 is 2.56 bits per heavy atom. The summed E-state index contributed by atoms with van der Waals surface area (Å²) in [4.78, 5) is 17.3. The first-order valence-corrected chi connectivity index (χ1v) is 10.5. The van der Waals surface area contributed by atoms with Crippen LogP contribution in [0.1, 0.15) is 66.9 Å². The normalized spacial score (nSPS) is 19.7. The lowest BCUT2D eigenvalue weighted by molar-refractivity contribution is -0.189. The molecule has 11 heteroatoms. The van der Waals surface area contributed by atoms with Gasteiger partial charge in [-0.2, -0.15) is 13.2 Å². The first-order chi connectivity index (χ1) is 15.0. The number of amides is 1. The lowest BCUT2D eigenvalue weighted by atomic mass is 9.87. The molecule has 1 saturated carbocycles. The van der Waals surface area contributed by atoms with E-state index in [9.17, 15) is 18.0 Å². The molecule has 2 aromatic heterocycles. The van der Waals surface area contributed by atoms with E-state index in [0.29, 0.717) is 31.1 Å². The third-order valence-corrected chi connectivity index (χ3v) is 5.70. The van der Waals surface area contributed by atoms with Crippen molar-refractivity contribution < 1.29 is 31.9 Å². The van der Waals surface area contributed by atoms with Crippen LogP contribution >= 0.6 is 0 Å². The van der Waals surface area contributed by atoms with Gasteiger partial charge >= 0.3 is 6.18 Å². The molecule has 1 aliphatic carbocycles. The molecule has 1 N–H and O–H groups in total. The zero-order valence-electron chi connectivity index (χ0n) is 18.0. The van der Waals surface area contributed by atoms with Gasteiger partial charge in [-0.25, -0.2) is 0 Å². The number of carbonyl (C=O) groups is 1. The van der Waals surface area contributed by atoms with Gasteiger partial charge in [-0.05, 0) is 39.0 Å². The molecule has 1 aliphatic heterocycles. The van der Waals surface area contributed by atoms with Gasteiger partial charge in [0.25, 0.3) is 5.91 Å². The monoisotopic (exact) mass is 454 g/mol. The molecule has 2 atom stereocenters. The van der Waals surface area contributed by atoms with Gasteiger partial charge in [0.05, 0.1) is 13.2 Å². The molecule has 3 heterocycles. The fourth-order valence-corrected chi connectivity index (χ4v) is 3.64. The highest BCUT2D eigenvalue weighted by Gasteiger charge is 2.41. The van der Waals surface area contributed by atoms with Crippen LogP contribution in [0.5, 0.6) is 5.75 Å². The molecule has 8 nitrogen and oxygen atoms in total. The number of hydrogen-bond donors (Lipinski definition) is 1. The second-order valence-electron chi connectivity index (χ2n) is 8.70. The van der Waals surface area contributed by atoms with Gasteiger partial charge in [0.2, 0.25) is 11.8 Å². The number of halogens is 3. The number of carbonyl (C=O) groups excluding carboxylic acids is 1. The van der Waals surface area contributed by atoms with E-state index in [1.807, 2.05) is 0 Å². The molecule has 2 fully saturated rings. The van der Waals surface area contributed by atoms with Crippen molar-refractivity contribution in [3.8, 4) is 5.75 Å². The minimum absolute atomic E-state index is 0.0280. The quantitative estimate of drug-likeness (QED) is 0.650. The van der Waals surface area contributed by atoms with Crippen LogP contribution in [0.3, 0.4) is 0 Å². The van der Waals surface area contributed by atoms with Gasteiger partial charge in [0.15, 0.2) is 6.10 Å². The van der Waals surface area contributed by atoms with Crippen molar-refractivity contribution in [3.05, 3.63) is 35.3 Å². The average molecular weight is 454 g/mol. The molecule has 4 rings (SSSR count). The number of hydrogen-bond acceptors (Lipinski definition) is 7. The van der Waals surface area contributed by atoms with Crippen LogP contribution in [-0.2, 0) is 10.3 Å². The summed E-state index contributed by atoms with van der Waals surface area (Å²) in [7, 11) is 0. The highest BCUT2D eigenvalue weighted by molar-refractivity contribution is 5.93. The maximum absolute atomic E-state index is 13.1. The molecule has 32 heavy (non-hydrogen) atoms. The van der Waals surface area contributed by atoms with Crippen molar-refractivity contribution in [2.24, 2.45) is 5.92 Å². The standard InChI is InChI=1S/C21H25F3N4O4/c1-11(21(22,23)24)31-17-6-16(25-8-15(17)14-4-5-14)18(29)26-20(3,7-13-9-30-10-13)19-28-27-12(2)32-19/h6,8,11,13-14H,4-5,7,9-10H2,1-3H3,(H,26,29). The lowest BCUT2D eigenvalue weighted by Gasteiger charge is -2.35. The van der Waals surface area contributed by atoms with Crippen molar-refractivity contribution in [1.82, 2.24) is 20.5 Å². The second-order valence-corrected chi connectivity index (χ2v) is 8.70. The van der Waals surface area contributed by atoms with Gasteiger partial charge in [-0.1, -0.05) is 0 Å². The second kappa shape index (κ2) is 8.34. The molecule has 1 amide bonds. The van der Waals surface area contributed by atoms with Crippen LogP contribution in [0.2, 0.25) is 0 Å². The third kappa shape index (κ3) is 4.87. The maximum Gasteiger partial charge on any atom is 0.425 e. The van der Waals surface area contributed by atoms with Crippen LogP contribution in [0.15, 0.2) is 16.7 Å². The van der Waals surface area contributed by atoms with Crippen molar-refractivity contribution in [2.45, 2.75) is 63.8 Å². The Kier molecular flexibility index (Phi) is 5.87. The van der Waals surface area contributed by atoms with E-state index in [4.69, 9.17) is 13.9 Å². The van der Waals surface area contributed by atoms with Crippen LogP contribution in [0.4, 0.5) is 13.2 Å². The molecule has 0 radical (unpaired) electrons. The molecular formula is C21H25F3N4O4. The smallest absolute Gasteiger partial charge is 0.425 e. The summed E-state index contributed by atoms with van der Waals surface area (Å²) in [5.74, 6) is 0.348. The molecule has 0 aromatic carbocycles. The lowest BCUT2D eigenvalue weighted by Crippen LogP contribution is -2.48. The maximum atomic E-state index is 13.1. The van der Waals surface area contributed by atoms with Crippen molar-refractivity contribution in [2.75, 3.05) is 13.2 Å². The zero-order valence-corrected chi connectivity index (χ0v) is 18.0. The topological polar surface area (TPSA) is 99.4 Å². The summed E-state index contributed by atoms with van der Waals surface area (Å²) >= 11 is 0. The highest BCUT2D eigenvalue weighted by Crippen LogP contribution is 2.45. The summed E-state index contributed by atoms with van der Waals surface area (Å²) in [6.07, 6.45) is -2.91. The summed E-state index contributed by atoms with van der Waals surface area (Å²) in [6, 6.07) is 1.27. The Hall–Kier alpha value is -2.69. The molecule has 0 spiro atoms. The number of nitrogens with zero attached hydrogens (tertiary/aromatic N) is 3. The third-order valence-electron chi connectivity index (χ3n) is 5.70. The number of pyridine rings is 1. The summed E-state index contributed by atoms with van der Waals surface area (Å²) < 4.78 is 55.2. The van der Waals surface area contributed by atoms with Crippen LogP contribution in [0.25, 0.3) is 0 Å². The Labute approximate surface area is 182 Å². The molecule has 2 unspecified atom stereocenters. The van der Waals surface area contributed by atoms with Gasteiger partial charge < -0.3 is 19.2 Å². The molecule has 2 aromatic rings. The van der Waals surface area contributed by atoms with Crippen LogP contribution in [0, 0.1) is 12.8 Å². The number of nitrogens with one attached hydrogen (secondary N) is 1.